The summed E-state index contributed by atoms with van der Waals surface area (Å²) in [5.41, 5.74) is 0. The van der Waals surface area contributed by atoms with Crippen LogP contribution in [0.3, 0.4) is 0 Å². The maximum Gasteiger partial charge on any atom is 0.0132 e. The van der Waals surface area contributed by atoms with Crippen LogP contribution in [0.15, 0.2) is 12.7 Å². The number of rotatable bonds is 6. The van der Waals surface area contributed by atoms with Crippen molar-refractivity contribution < 1.29 is 0 Å². The highest BCUT2D eigenvalue weighted by molar-refractivity contribution is 4.74. The van der Waals surface area contributed by atoms with Crippen molar-refractivity contribution >= 4 is 0 Å². The SMILES string of the molecule is C=CCNCCCC1CC1. The molecule has 1 saturated carbocycles. The minimum atomic E-state index is 0.963. The molecule has 1 aliphatic carbocycles. The van der Waals surface area contributed by atoms with Gasteiger partial charge < -0.3 is 5.32 Å². The topological polar surface area (TPSA) is 12.0 Å². The van der Waals surface area contributed by atoms with Gasteiger partial charge in [0.25, 0.3) is 0 Å². The zero-order chi connectivity index (χ0) is 7.23. The molecule has 1 rings (SSSR count). The molecule has 1 N–H and O–H groups in total. The molecule has 0 amide bonds. The molecular weight excluding hydrogens is 122 g/mol. The molecule has 0 radical (unpaired) electrons. The first-order valence-corrected chi connectivity index (χ1v) is 4.25. The molecule has 0 unspecified atom stereocenters. The molecule has 0 atom stereocenters. The molecule has 58 valence electrons. The summed E-state index contributed by atoms with van der Waals surface area (Å²) in [5, 5.41) is 3.30. The summed E-state index contributed by atoms with van der Waals surface area (Å²) >= 11 is 0. The Bertz CT molecular complexity index is 94.9. The van der Waals surface area contributed by atoms with Crippen LogP contribution < -0.4 is 5.32 Å². The van der Waals surface area contributed by atoms with E-state index in [1.807, 2.05) is 6.08 Å². The molecule has 1 fully saturated rings. The van der Waals surface area contributed by atoms with Gasteiger partial charge in [0.1, 0.15) is 0 Å². The largest absolute Gasteiger partial charge is 0.313 e. The summed E-state index contributed by atoms with van der Waals surface area (Å²) in [4.78, 5) is 0. The van der Waals surface area contributed by atoms with Gasteiger partial charge in [0.05, 0.1) is 0 Å². The van der Waals surface area contributed by atoms with Crippen molar-refractivity contribution in [3.63, 3.8) is 0 Å². The molecule has 0 aromatic carbocycles. The normalized spacial score (nSPS) is 17.2. The van der Waals surface area contributed by atoms with Crippen molar-refractivity contribution in [3.8, 4) is 0 Å². The summed E-state index contributed by atoms with van der Waals surface area (Å²) in [5.74, 6) is 1.09. The Labute approximate surface area is 63.5 Å². The van der Waals surface area contributed by atoms with Crippen LogP contribution in [0.4, 0.5) is 0 Å². The molecule has 1 aliphatic rings. The van der Waals surface area contributed by atoms with Gasteiger partial charge in [0, 0.05) is 6.54 Å². The second kappa shape index (κ2) is 4.51. The Morgan fingerprint density at radius 3 is 2.90 bits per heavy atom. The van der Waals surface area contributed by atoms with Gasteiger partial charge in [-0.2, -0.15) is 0 Å². The number of hydrogen-bond donors (Lipinski definition) is 1. The highest BCUT2D eigenvalue weighted by Gasteiger charge is 2.19. The van der Waals surface area contributed by atoms with E-state index < -0.39 is 0 Å². The molecule has 0 aromatic rings. The predicted octanol–water partition coefficient (Wildman–Crippen LogP) is 1.95. The van der Waals surface area contributed by atoms with E-state index in [2.05, 4.69) is 11.9 Å². The third kappa shape index (κ3) is 3.67. The molecule has 0 aromatic heterocycles. The Balaban J connectivity index is 1.72. The molecule has 0 bridgehead atoms. The Morgan fingerprint density at radius 1 is 1.50 bits per heavy atom. The summed E-state index contributed by atoms with van der Waals surface area (Å²) in [6.45, 7) is 5.78. The second-order valence-corrected chi connectivity index (χ2v) is 3.08. The van der Waals surface area contributed by atoms with E-state index >= 15 is 0 Å². The van der Waals surface area contributed by atoms with Crippen molar-refractivity contribution in [3.05, 3.63) is 12.7 Å². The van der Waals surface area contributed by atoms with Crippen molar-refractivity contribution in [1.82, 2.24) is 5.32 Å². The van der Waals surface area contributed by atoms with Crippen molar-refractivity contribution in [2.45, 2.75) is 25.7 Å². The zero-order valence-electron chi connectivity index (χ0n) is 6.60. The van der Waals surface area contributed by atoms with Gasteiger partial charge in [0.2, 0.25) is 0 Å². The summed E-state index contributed by atoms with van der Waals surface area (Å²) in [7, 11) is 0. The Kier molecular flexibility index (Phi) is 3.52. The van der Waals surface area contributed by atoms with Crippen molar-refractivity contribution in [2.24, 2.45) is 5.92 Å². The van der Waals surface area contributed by atoms with Crippen LogP contribution in [-0.2, 0) is 0 Å². The van der Waals surface area contributed by atoms with Crippen LogP contribution in [0.1, 0.15) is 25.7 Å². The monoisotopic (exact) mass is 139 g/mol. The molecule has 0 heterocycles. The second-order valence-electron chi connectivity index (χ2n) is 3.08. The quantitative estimate of drug-likeness (QED) is 0.438. The van der Waals surface area contributed by atoms with Crippen LogP contribution in [0.25, 0.3) is 0 Å². The predicted molar refractivity (Wildman–Crippen MR) is 45.0 cm³/mol. The average Bonchev–Trinajstić information content (AvgIpc) is 2.71. The van der Waals surface area contributed by atoms with E-state index in [0.717, 1.165) is 12.5 Å². The molecule has 1 heteroatoms. The smallest absolute Gasteiger partial charge is 0.0132 e. The van der Waals surface area contributed by atoms with E-state index in [9.17, 15) is 0 Å². The summed E-state index contributed by atoms with van der Waals surface area (Å²) in [6, 6.07) is 0. The fraction of sp³-hybridized carbons (Fsp3) is 0.778. The lowest BCUT2D eigenvalue weighted by Crippen LogP contribution is -2.14. The number of hydrogen-bond acceptors (Lipinski definition) is 1. The maximum absolute atomic E-state index is 3.64. The van der Waals surface area contributed by atoms with Crippen LogP contribution in [-0.4, -0.2) is 13.1 Å². The average molecular weight is 139 g/mol. The van der Waals surface area contributed by atoms with E-state index in [4.69, 9.17) is 0 Å². The lowest BCUT2D eigenvalue weighted by molar-refractivity contribution is 0.617. The fourth-order valence-corrected chi connectivity index (χ4v) is 1.13. The number of nitrogens with one attached hydrogen (secondary N) is 1. The summed E-state index contributed by atoms with van der Waals surface area (Å²) < 4.78 is 0. The molecular formula is C9H17N. The third-order valence-corrected chi connectivity index (χ3v) is 1.95. The minimum Gasteiger partial charge on any atom is -0.313 e. The van der Waals surface area contributed by atoms with Gasteiger partial charge >= 0.3 is 0 Å². The van der Waals surface area contributed by atoms with Gasteiger partial charge in [-0.1, -0.05) is 18.9 Å². The van der Waals surface area contributed by atoms with E-state index in [1.54, 1.807) is 0 Å². The molecule has 0 spiro atoms. The van der Waals surface area contributed by atoms with Crippen molar-refractivity contribution in [1.29, 1.82) is 0 Å². The van der Waals surface area contributed by atoms with Gasteiger partial charge in [-0.3, -0.25) is 0 Å². The van der Waals surface area contributed by atoms with Crippen LogP contribution in [0.5, 0.6) is 0 Å². The van der Waals surface area contributed by atoms with Gasteiger partial charge in [-0.15, -0.1) is 6.58 Å². The highest BCUT2D eigenvalue weighted by atomic mass is 14.8. The Morgan fingerprint density at radius 2 is 2.30 bits per heavy atom. The van der Waals surface area contributed by atoms with Crippen LogP contribution >= 0.6 is 0 Å². The zero-order valence-corrected chi connectivity index (χ0v) is 6.60. The highest BCUT2D eigenvalue weighted by Crippen LogP contribution is 2.33. The van der Waals surface area contributed by atoms with Gasteiger partial charge in [-0.05, 0) is 25.3 Å². The third-order valence-electron chi connectivity index (χ3n) is 1.95. The fourth-order valence-electron chi connectivity index (χ4n) is 1.13. The summed E-state index contributed by atoms with van der Waals surface area (Å²) in [6.07, 6.45) is 7.67. The lowest BCUT2D eigenvalue weighted by Gasteiger charge is -1.99. The maximum atomic E-state index is 3.64. The van der Waals surface area contributed by atoms with Gasteiger partial charge in [0.15, 0.2) is 0 Å². The molecule has 10 heavy (non-hydrogen) atoms. The standard InChI is InChI=1S/C9H17N/c1-2-7-10-8-3-4-9-5-6-9/h2,9-10H,1,3-8H2. The van der Waals surface area contributed by atoms with Gasteiger partial charge in [-0.25, -0.2) is 0 Å². The minimum absolute atomic E-state index is 0.963. The molecule has 1 nitrogen and oxygen atoms in total. The van der Waals surface area contributed by atoms with E-state index in [1.165, 1.54) is 32.2 Å². The van der Waals surface area contributed by atoms with E-state index in [0.29, 0.717) is 0 Å². The lowest BCUT2D eigenvalue weighted by atomic mass is 10.2. The molecule has 0 saturated heterocycles. The first kappa shape index (κ1) is 7.80. The van der Waals surface area contributed by atoms with E-state index in [-0.39, 0.29) is 0 Å². The van der Waals surface area contributed by atoms with Crippen molar-refractivity contribution in [2.75, 3.05) is 13.1 Å². The van der Waals surface area contributed by atoms with Crippen LogP contribution in [0, 0.1) is 5.92 Å². The molecule has 0 aliphatic heterocycles. The first-order chi connectivity index (χ1) is 4.93. The Hall–Kier alpha value is -0.300. The first-order valence-electron chi connectivity index (χ1n) is 4.25. The van der Waals surface area contributed by atoms with Crippen LogP contribution in [0.2, 0.25) is 0 Å².